The van der Waals surface area contributed by atoms with Gasteiger partial charge in [0.25, 0.3) is 0 Å². The first-order chi connectivity index (χ1) is 10.9. The second-order valence-electron chi connectivity index (χ2n) is 4.76. The molecule has 23 heavy (non-hydrogen) atoms. The minimum absolute atomic E-state index is 0.273. The van der Waals surface area contributed by atoms with Crippen molar-refractivity contribution in [2.45, 2.75) is 13.1 Å². The summed E-state index contributed by atoms with van der Waals surface area (Å²) in [6.45, 7) is 1.81. The first-order valence-corrected chi connectivity index (χ1v) is 7.35. The number of hydrogen-bond acceptors (Lipinski definition) is 4. The summed E-state index contributed by atoms with van der Waals surface area (Å²) in [7, 11) is 0. The average Bonchev–Trinajstić information content (AvgIpc) is 2.89. The predicted molar refractivity (Wildman–Crippen MR) is 80.6 cm³/mol. The molecule has 2 aromatic carbocycles. The maximum absolute atomic E-state index is 12.6. The lowest BCUT2D eigenvalue weighted by Crippen LogP contribution is -2.04. The molecule has 116 valence electrons. The lowest BCUT2D eigenvalue weighted by Gasteiger charge is -2.09. The molecule has 1 aromatic heterocycles. The monoisotopic (exact) mass is 334 g/mol. The van der Waals surface area contributed by atoms with Gasteiger partial charge >= 0.3 is 6.18 Å². The van der Waals surface area contributed by atoms with Crippen molar-refractivity contribution in [1.29, 1.82) is 5.26 Å². The van der Waals surface area contributed by atoms with Gasteiger partial charge in [-0.3, -0.25) is 0 Å². The lowest BCUT2D eigenvalue weighted by atomic mass is 10.2. The highest BCUT2D eigenvalue weighted by Crippen LogP contribution is 2.36. The number of ether oxygens (including phenoxy) is 1. The third kappa shape index (κ3) is 2.98. The number of nitriles is 1. The van der Waals surface area contributed by atoms with E-state index in [2.05, 4.69) is 11.1 Å². The average molecular weight is 334 g/mol. The van der Waals surface area contributed by atoms with Crippen molar-refractivity contribution >= 4 is 21.6 Å². The Labute approximate surface area is 133 Å². The van der Waals surface area contributed by atoms with E-state index in [0.29, 0.717) is 21.5 Å². The molecule has 1 heterocycles. The van der Waals surface area contributed by atoms with Crippen LogP contribution in [0.25, 0.3) is 10.2 Å². The molecule has 0 atom stereocenters. The van der Waals surface area contributed by atoms with E-state index in [4.69, 9.17) is 10.00 Å². The number of hydrogen-bond donors (Lipinski definition) is 0. The van der Waals surface area contributed by atoms with E-state index in [1.54, 1.807) is 12.1 Å². The molecule has 3 nitrogen and oxygen atoms in total. The fraction of sp³-hybridized carbons (Fsp3) is 0.125. The molecule has 0 spiro atoms. The van der Waals surface area contributed by atoms with Crippen molar-refractivity contribution in [3.8, 4) is 17.6 Å². The van der Waals surface area contributed by atoms with E-state index < -0.39 is 11.7 Å². The van der Waals surface area contributed by atoms with Gasteiger partial charge in [-0.25, -0.2) is 4.98 Å². The molecule has 0 unspecified atom stereocenters. The van der Waals surface area contributed by atoms with Crippen LogP contribution in [0.1, 0.15) is 16.1 Å². The third-order valence-electron chi connectivity index (χ3n) is 3.14. The highest BCUT2D eigenvalue weighted by molar-refractivity contribution is 7.18. The lowest BCUT2D eigenvalue weighted by molar-refractivity contribution is -0.137. The van der Waals surface area contributed by atoms with Crippen LogP contribution in [0.3, 0.4) is 0 Å². The van der Waals surface area contributed by atoms with Gasteiger partial charge in [0.05, 0.1) is 20.8 Å². The fourth-order valence-corrected chi connectivity index (χ4v) is 3.00. The van der Waals surface area contributed by atoms with Crippen LogP contribution in [0.15, 0.2) is 36.4 Å². The minimum atomic E-state index is -4.38. The van der Waals surface area contributed by atoms with E-state index in [1.807, 2.05) is 6.92 Å². The molecule has 0 radical (unpaired) electrons. The van der Waals surface area contributed by atoms with Crippen LogP contribution in [0.2, 0.25) is 0 Å². The van der Waals surface area contributed by atoms with Gasteiger partial charge in [0, 0.05) is 0 Å². The second kappa shape index (κ2) is 5.56. The number of aryl methyl sites for hydroxylation is 1. The van der Waals surface area contributed by atoms with Crippen LogP contribution in [0.4, 0.5) is 13.2 Å². The normalized spacial score (nSPS) is 11.4. The van der Waals surface area contributed by atoms with Crippen molar-refractivity contribution in [1.82, 2.24) is 4.98 Å². The van der Waals surface area contributed by atoms with Gasteiger partial charge in [-0.1, -0.05) is 0 Å². The van der Waals surface area contributed by atoms with E-state index in [0.717, 1.165) is 17.1 Å². The molecule has 0 saturated carbocycles. The first-order valence-electron chi connectivity index (χ1n) is 6.54. The third-order valence-corrected chi connectivity index (χ3v) is 4.15. The molecule has 0 fully saturated rings. The summed E-state index contributed by atoms with van der Waals surface area (Å²) >= 11 is 1.37. The quantitative estimate of drug-likeness (QED) is 0.640. The van der Waals surface area contributed by atoms with Gasteiger partial charge in [0.1, 0.15) is 17.3 Å². The summed E-state index contributed by atoms with van der Waals surface area (Å²) in [4.78, 5) is 4.34. The zero-order valence-electron chi connectivity index (χ0n) is 11.8. The molecule has 0 bridgehead atoms. The van der Waals surface area contributed by atoms with E-state index >= 15 is 0 Å². The predicted octanol–water partition coefficient (Wildman–Crippen LogP) is 5.29. The Hall–Kier alpha value is -2.59. The van der Waals surface area contributed by atoms with Gasteiger partial charge in [-0.05, 0) is 43.3 Å². The van der Waals surface area contributed by atoms with Crippen LogP contribution in [0.5, 0.6) is 11.5 Å². The molecule has 0 saturated heterocycles. The topological polar surface area (TPSA) is 45.9 Å². The van der Waals surface area contributed by atoms with Crippen LogP contribution in [-0.2, 0) is 6.18 Å². The number of thiazole rings is 1. The summed E-state index contributed by atoms with van der Waals surface area (Å²) in [5.74, 6) is 0.678. The number of halogens is 3. The zero-order chi connectivity index (χ0) is 16.6. The molecule has 0 aliphatic heterocycles. The maximum Gasteiger partial charge on any atom is 0.416 e. The van der Waals surface area contributed by atoms with Gasteiger partial charge in [-0.2, -0.15) is 18.4 Å². The molecular weight excluding hydrogens is 325 g/mol. The summed E-state index contributed by atoms with van der Waals surface area (Å²) in [5.41, 5.74) is 0.288. The summed E-state index contributed by atoms with van der Waals surface area (Å²) < 4.78 is 44.0. The summed E-state index contributed by atoms with van der Waals surface area (Å²) in [5, 5.41) is 9.89. The highest BCUT2D eigenvalue weighted by atomic mass is 32.1. The highest BCUT2D eigenvalue weighted by Gasteiger charge is 2.30. The molecule has 0 aliphatic carbocycles. The van der Waals surface area contributed by atoms with Crippen LogP contribution < -0.4 is 4.74 Å². The van der Waals surface area contributed by atoms with Crippen molar-refractivity contribution < 1.29 is 17.9 Å². The Kier molecular flexibility index (Phi) is 3.70. The molecule has 3 rings (SSSR count). The van der Waals surface area contributed by atoms with Crippen molar-refractivity contribution in [3.05, 3.63) is 52.5 Å². The van der Waals surface area contributed by atoms with E-state index in [-0.39, 0.29) is 5.75 Å². The number of nitrogens with zero attached hydrogens (tertiary/aromatic N) is 2. The largest absolute Gasteiger partial charge is 0.455 e. The minimum Gasteiger partial charge on any atom is -0.455 e. The number of rotatable bonds is 2. The number of fused-ring (bicyclic) bond motifs is 1. The van der Waals surface area contributed by atoms with Gasteiger partial charge in [0.15, 0.2) is 5.75 Å². The molecule has 3 aromatic rings. The maximum atomic E-state index is 12.6. The zero-order valence-corrected chi connectivity index (χ0v) is 12.6. The van der Waals surface area contributed by atoms with Gasteiger partial charge in [0.2, 0.25) is 0 Å². The van der Waals surface area contributed by atoms with E-state index in [1.165, 1.54) is 23.5 Å². The van der Waals surface area contributed by atoms with Gasteiger partial charge in [-0.15, -0.1) is 11.3 Å². The molecule has 7 heteroatoms. The molecular formula is C16H9F3N2OS. The SMILES string of the molecule is Cc1nc2c(Oc3ccc(C(F)(F)F)cc3)ccc(C#N)c2s1. The molecule has 0 N–H and O–H groups in total. The van der Waals surface area contributed by atoms with Gasteiger partial charge < -0.3 is 4.74 Å². The first kappa shape index (κ1) is 15.3. The smallest absolute Gasteiger partial charge is 0.416 e. The van der Waals surface area contributed by atoms with Crippen molar-refractivity contribution in [2.24, 2.45) is 0 Å². The van der Waals surface area contributed by atoms with Crippen LogP contribution in [-0.4, -0.2) is 4.98 Å². The molecule has 0 amide bonds. The number of alkyl halides is 3. The fourth-order valence-electron chi connectivity index (χ4n) is 2.10. The number of aromatic nitrogens is 1. The standard InChI is InChI=1S/C16H9F3N2OS/c1-9-21-14-13(7-2-10(8-20)15(14)23-9)22-12-5-3-11(4-6-12)16(17,18)19/h2-7H,1H3. The van der Waals surface area contributed by atoms with Crippen molar-refractivity contribution in [2.75, 3.05) is 0 Å². The Balaban J connectivity index is 1.98. The Morgan fingerprint density at radius 3 is 2.43 bits per heavy atom. The summed E-state index contributed by atoms with van der Waals surface area (Å²) in [6, 6.07) is 9.73. The van der Waals surface area contributed by atoms with Crippen LogP contribution >= 0.6 is 11.3 Å². The second-order valence-corrected chi connectivity index (χ2v) is 5.96. The molecule has 0 aliphatic rings. The number of benzene rings is 2. The van der Waals surface area contributed by atoms with Crippen LogP contribution in [0, 0.1) is 18.3 Å². The Morgan fingerprint density at radius 2 is 1.83 bits per heavy atom. The van der Waals surface area contributed by atoms with E-state index in [9.17, 15) is 13.2 Å². The van der Waals surface area contributed by atoms with Crippen molar-refractivity contribution in [3.63, 3.8) is 0 Å². The summed E-state index contributed by atoms with van der Waals surface area (Å²) in [6.07, 6.45) is -4.38. The Morgan fingerprint density at radius 1 is 1.13 bits per heavy atom. The Bertz CT molecular complexity index is 908.